The van der Waals surface area contributed by atoms with E-state index in [1.165, 1.54) is 0 Å². The molecule has 1 fully saturated rings. The van der Waals surface area contributed by atoms with Crippen LogP contribution in [0.1, 0.15) is 38.4 Å². The lowest BCUT2D eigenvalue weighted by Gasteiger charge is -2.26. The summed E-state index contributed by atoms with van der Waals surface area (Å²) in [5, 5.41) is 0. The molecule has 106 valence electrons. The van der Waals surface area contributed by atoms with Gasteiger partial charge in [0.2, 0.25) is 5.91 Å². The molecule has 1 unspecified atom stereocenters. The van der Waals surface area contributed by atoms with Gasteiger partial charge in [0.1, 0.15) is 5.82 Å². The standard InChI is InChI=1S/C14H24N4O/c1-3-4-11(9-15)14(19)18(12-5-6-12)10-13-16-7-8-17(13)2/h7-8,11-12H,3-6,9-10,15H2,1-2H3. The molecule has 2 rings (SSSR count). The Morgan fingerprint density at radius 1 is 1.63 bits per heavy atom. The van der Waals surface area contributed by atoms with Crippen molar-refractivity contribution in [3.63, 3.8) is 0 Å². The van der Waals surface area contributed by atoms with E-state index in [1.54, 1.807) is 6.20 Å². The molecule has 1 saturated carbocycles. The highest BCUT2D eigenvalue weighted by atomic mass is 16.2. The first kappa shape index (κ1) is 14.1. The fourth-order valence-electron chi connectivity index (χ4n) is 2.40. The largest absolute Gasteiger partial charge is 0.337 e. The third-order valence-corrected chi connectivity index (χ3v) is 3.77. The van der Waals surface area contributed by atoms with Gasteiger partial charge >= 0.3 is 0 Å². The second-order valence-corrected chi connectivity index (χ2v) is 5.37. The molecule has 0 aromatic carbocycles. The van der Waals surface area contributed by atoms with E-state index in [2.05, 4.69) is 11.9 Å². The Hall–Kier alpha value is -1.36. The molecule has 1 amide bonds. The van der Waals surface area contributed by atoms with Gasteiger partial charge in [-0.25, -0.2) is 4.98 Å². The number of rotatable bonds is 7. The Balaban J connectivity index is 2.07. The molecule has 1 aliphatic carbocycles. The monoisotopic (exact) mass is 264 g/mol. The highest BCUT2D eigenvalue weighted by Crippen LogP contribution is 2.30. The van der Waals surface area contributed by atoms with Crippen LogP contribution < -0.4 is 5.73 Å². The van der Waals surface area contributed by atoms with E-state index >= 15 is 0 Å². The molecule has 2 N–H and O–H groups in total. The molecule has 1 aromatic heterocycles. The summed E-state index contributed by atoms with van der Waals surface area (Å²) in [6.07, 6.45) is 7.78. The van der Waals surface area contributed by atoms with E-state index in [-0.39, 0.29) is 11.8 Å². The number of carbonyl (C=O) groups excluding carboxylic acids is 1. The van der Waals surface area contributed by atoms with Crippen molar-refractivity contribution in [3.05, 3.63) is 18.2 Å². The van der Waals surface area contributed by atoms with Gasteiger partial charge < -0.3 is 15.2 Å². The van der Waals surface area contributed by atoms with E-state index in [9.17, 15) is 4.79 Å². The molecular formula is C14H24N4O. The molecule has 0 saturated heterocycles. The maximum Gasteiger partial charge on any atom is 0.227 e. The summed E-state index contributed by atoms with van der Waals surface area (Å²) in [6.45, 7) is 3.14. The average Bonchev–Trinajstić information content (AvgIpc) is 3.16. The number of amides is 1. The highest BCUT2D eigenvalue weighted by molar-refractivity contribution is 5.79. The van der Waals surface area contributed by atoms with Gasteiger partial charge in [0, 0.05) is 32.0 Å². The molecule has 1 aliphatic rings. The summed E-state index contributed by atoms with van der Waals surface area (Å²) in [4.78, 5) is 18.9. The summed E-state index contributed by atoms with van der Waals surface area (Å²) < 4.78 is 1.97. The lowest BCUT2D eigenvalue weighted by Crippen LogP contribution is -2.40. The summed E-state index contributed by atoms with van der Waals surface area (Å²) in [5.74, 6) is 1.10. The number of nitrogens with two attached hydrogens (primary N) is 1. The van der Waals surface area contributed by atoms with Crippen LogP contribution in [0.4, 0.5) is 0 Å². The second kappa shape index (κ2) is 6.19. The number of aryl methyl sites for hydroxylation is 1. The first-order valence-corrected chi connectivity index (χ1v) is 7.14. The SMILES string of the molecule is CCCC(CN)C(=O)N(Cc1nccn1C)C1CC1. The van der Waals surface area contributed by atoms with Gasteiger partial charge in [0.25, 0.3) is 0 Å². The molecule has 0 spiro atoms. The summed E-state index contributed by atoms with van der Waals surface area (Å²) >= 11 is 0. The van der Waals surface area contributed by atoms with E-state index in [1.807, 2.05) is 22.7 Å². The zero-order chi connectivity index (χ0) is 13.8. The van der Waals surface area contributed by atoms with Crippen LogP contribution >= 0.6 is 0 Å². The molecule has 5 nitrogen and oxygen atoms in total. The molecule has 1 aromatic rings. The van der Waals surface area contributed by atoms with E-state index < -0.39 is 0 Å². The second-order valence-electron chi connectivity index (χ2n) is 5.37. The van der Waals surface area contributed by atoms with Crippen LogP contribution in [0.2, 0.25) is 0 Å². The van der Waals surface area contributed by atoms with Crippen molar-refractivity contribution in [2.45, 2.75) is 45.2 Å². The van der Waals surface area contributed by atoms with Crippen LogP contribution in [-0.2, 0) is 18.4 Å². The fourth-order valence-corrected chi connectivity index (χ4v) is 2.40. The fraction of sp³-hybridized carbons (Fsp3) is 0.714. The number of imidazole rings is 1. The molecule has 1 atom stereocenters. The van der Waals surface area contributed by atoms with E-state index in [4.69, 9.17) is 5.73 Å². The Bertz CT molecular complexity index is 425. The molecule has 0 aliphatic heterocycles. The maximum atomic E-state index is 12.6. The molecule has 5 heteroatoms. The van der Waals surface area contributed by atoms with Crippen LogP contribution in [-0.4, -0.2) is 32.9 Å². The quantitative estimate of drug-likeness (QED) is 0.807. The van der Waals surface area contributed by atoms with Crippen LogP contribution in [0.3, 0.4) is 0 Å². The summed E-state index contributed by atoms with van der Waals surface area (Å²) in [6, 6.07) is 0.398. The van der Waals surface area contributed by atoms with Gasteiger partial charge in [-0.05, 0) is 19.3 Å². The van der Waals surface area contributed by atoms with Crippen molar-refractivity contribution in [2.24, 2.45) is 18.7 Å². The Morgan fingerprint density at radius 2 is 2.37 bits per heavy atom. The van der Waals surface area contributed by atoms with Crippen molar-refractivity contribution >= 4 is 5.91 Å². The molecule has 0 radical (unpaired) electrons. The van der Waals surface area contributed by atoms with Gasteiger partial charge in [-0.2, -0.15) is 0 Å². The Kier molecular flexibility index (Phi) is 4.58. The van der Waals surface area contributed by atoms with Crippen LogP contribution in [0.5, 0.6) is 0 Å². The number of aromatic nitrogens is 2. The predicted molar refractivity (Wildman–Crippen MR) is 74.2 cm³/mol. The van der Waals surface area contributed by atoms with Gasteiger partial charge in [-0.3, -0.25) is 4.79 Å². The van der Waals surface area contributed by atoms with E-state index in [0.29, 0.717) is 19.1 Å². The predicted octanol–water partition coefficient (Wildman–Crippen LogP) is 1.29. The molecule has 0 bridgehead atoms. The lowest BCUT2D eigenvalue weighted by atomic mass is 10.0. The van der Waals surface area contributed by atoms with Crippen LogP contribution in [0, 0.1) is 5.92 Å². The Morgan fingerprint density at radius 3 is 2.84 bits per heavy atom. The van der Waals surface area contributed by atoms with Crippen molar-refractivity contribution in [3.8, 4) is 0 Å². The first-order valence-electron chi connectivity index (χ1n) is 7.14. The smallest absolute Gasteiger partial charge is 0.227 e. The maximum absolute atomic E-state index is 12.6. The minimum Gasteiger partial charge on any atom is -0.337 e. The van der Waals surface area contributed by atoms with Crippen molar-refractivity contribution in [1.29, 1.82) is 0 Å². The van der Waals surface area contributed by atoms with Crippen LogP contribution in [0.15, 0.2) is 12.4 Å². The zero-order valence-corrected chi connectivity index (χ0v) is 11.9. The van der Waals surface area contributed by atoms with Gasteiger partial charge in [0.15, 0.2) is 0 Å². The number of hydrogen-bond donors (Lipinski definition) is 1. The number of hydrogen-bond acceptors (Lipinski definition) is 3. The Labute approximate surface area is 114 Å². The zero-order valence-electron chi connectivity index (χ0n) is 11.9. The first-order chi connectivity index (χ1) is 9.17. The summed E-state index contributed by atoms with van der Waals surface area (Å²) in [7, 11) is 1.96. The third kappa shape index (κ3) is 3.35. The molecule has 1 heterocycles. The molecular weight excluding hydrogens is 240 g/mol. The normalized spacial score (nSPS) is 16.4. The van der Waals surface area contributed by atoms with Crippen LogP contribution in [0.25, 0.3) is 0 Å². The summed E-state index contributed by atoms with van der Waals surface area (Å²) in [5.41, 5.74) is 5.75. The number of nitrogens with zero attached hydrogens (tertiary/aromatic N) is 3. The highest BCUT2D eigenvalue weighted by Gasteiger charge is 2.35. The van der Waals surface area contributed by atoms with E-state index in [0.717, 1.165) is 31.5 Å². The minimum absolute atomic E-state index is 0.0362. The van der Waals surface area contributed by atoms with Crippen molar-refractivity contribution in [1.82, 2.24) is 14.5 Å². The number of carbonyl (C=O) groups is 1. The average molecular weight is 264 g/mol. The van der Waals surface area contributed by atoms with Gasteiger partial charge in [-0.15, -0.1) is 0 Å². The van der Waals surface area contributed by atoms with Crippen molar-refractivity contribution < 1.29 is 4.79 Å². The van der Waals surface area contributed by atoms with Crippen molar-refractivity contribution in [2.75, 3.05) is 6.54 Å². The third-order valence-electron chi connectivity index (χ3n) is 3.77. The van der Waals surface area contributed by atoms with Gasteiger partial charge in [-0.1, -0.05) is 13.3 Å². The van der Waals surface area contributed by atoms with Gasteiger partial charge in [0.05, 0.1) is 12.5 Å². The topological polar surface area (TPSA) is 64.2 Å². The molecule has 19 heavy (non-hydrogen) atoms. The minimum atomic E-state index is -0.0362. The lowest BCUT2D eigenvalue weighted by molar-refractivity contribution is -0.136.